The van der Waals surface area contributed by atoms with Gasteiger partial charge in [0.15, 0.2) is 10.9 Å². The highest BCUT2D eigenvalue weighted by atomic mass is 32.2. The molecule has 2 aromatic heterocycles. The molecule has 0 spiro atoms. The van der Waals surface area contributed by atoms with E-state index in [4.69, 9.17) is 4.42 Å². The third-order valence-electron chi connectivity index (χ3n) is 4.56. The van der Waals surface area contributed by atoms with Crippen LogP contribution < -0.4 is 5.32 Å². The third kappa shape index (κ3) is 4.84. The number of carbonyl (C=O) groups is 1. The summed E-state index contributed by atoms with van der Waals surface area (Å²) in [6.45, 7) is 0.596. The molecule has 0 saturated heterocycles. The molecule has 4 aromatic rings. The Labute approximate surface area is 173 Å². The van der Waals surface area contributed by atoms with Crippen LogP contribution >= 0.6 is 11.8 Å². The van der Waals surface area contributed by atoms with E-state index in [0.29, 0.717) is 28.8 Å². The van der Waals surface area contributed by atoms with Crippen molar-refractivity contribution < 1.29 is 9.21 Å². The summed E-state index contributed by atoms with van der Waals surface area (Å²) in [5.41, 5.74) is 2.86. The van der Waals surface area contributed by atoms with Gasteiger partial charge in [-0.05, 0) is 30.5 Å². The van der Waals surface area contributed by atoms with Crippen LogP contribution in [-0.4, -0.2) is 22.4 Å². The van der Waals surface area contributed by atoms with Gasteiger partial charge in [0.05, 0.1) is 0 Å². The Hall–Kier alpha value is -3.12. The van der Waals surface area contributed by atoms with Gasteiger partial charge in [-0.15, -0.1) is 0 Å². The molecule has 0 aliphatic carbocycles. The number of nitrogens with one attached hydrogen (secondary N) is 1. The second kappa shape index (κ2) is 9.39. The molecular formula is C23H21N3O2S. The highest BCUT2D eigenvalue weighted by Gasteiger charge is 2.20. The second-order valence-corrected chi connectivity index (χ2v) is 7.51. The highest BCUT2D eigenvalue weighted by molar-refractivity contribution is 7.98. The molecule has 0 fully saturated rings. The van der Waals surface area contributed by atoms with Gasteiger partial charge in [-0.3, -0.25) is 4.79 Å². The van der Waals surface area contributed by atoms with Gasteiger partial charge in [-0.2, -0.15) is 0 Å². The first kappa shape index (κ1) is 19.2. The van der Waals surface area contributed by atoms with Gasteiger partial charge in [-0.1, -0.05) is 60.3 Å². The van der Waals surface area contributed by atoms with Crippen molar-refractivity contribution in [1.29, 1.82) is 0 Å². The SMILES string of the molecule is O=C(NCCCc1ccccc1)c1oc2ccccc2c1CSc1ncccn1. The Morgan fingerprint density at radius 1 is 0.966 bits per heavy atom. The van der Waals surface area contributed by atoms with Crippen molar-refractivity contribution >= 4 is 28.6 Å². The maximum Gasteiger partial charge on any atom is 0.287 e. The standard InChI is InChI=1S/C23H21N3O2S/c27-22(24-13-6-10-17-8-2-1-3-9-17)21-19(16-29-23-25-14-7-15-26-23)18-11-4-5-12-20(18)28-21/h1-5,7-9,11-12,14-15H,6,10,13,16H2,(H,24,27). The first-order valence-corrected chi connectivity index (χ1v) is 10.5. The molecule has 0 radical (unpaired) electrons. The van der Waals surface area contributed by atoms with E-state index in [1.807, 2.05) is 42.5 Å². The van der Waals surface area contributed by atoms with Crippen LogP contribution in [0.2, 0.25) is 0 Å². The Morgan fingerprint density at radius 3 is 2.55 bits per heavy atom. The summed E-state index contributed by atoms with van der Waals surface area (Å²) in [5, 5.41) is 4.62. The number of hydrogen-bond acceptors (Lipinski definition) is 5. The highest BCUT2D eigenvalue weighted by Crippen LogP contribution is 2.30. The summed E-state index contributed by atoms with van der Waals surface area (Å²) in [7, 11) is 0. The molecule has 146 valence electrons. The van der Waals surface area contributed by atoms with Crippen LogP contribution in [0.3, 0.4) is 0 Å². The zero-order valence-electron chi connectivity index (χ0n) is 15.9. The van der Waals surface area contributed by atoms with Crippen LogP contribution in [0.25, 0.3) is 11.0 Å². The molecule has 0 bridgehead atoms. The van der Waals surface area contributed by atoms with E-state index in [2.05, 4.69) is 27.4 Å². The number of rotatable bonds is 8. The number of aryl methyl sites for hydroxylation is 1. The molecule has 0 saturated carbocycles. The number of hydrogen-bond donors (Lipinski definition) is 1. The van der Waals surface area contributed by atoms with E-state index < -0.39 is 0 Å². The number of amides is 1. The molecule has 4 rings (SSSR count). The normalized spacial score (nSPS) is 10.9. The van der Waals surface area contributed by atoms with E-state index in [1.54, 1.807) is 18.5 Å². The van der Waals surface area contributed by atoms with Crippen molar-refractivity contribution in [1.82, 2.24) is 15.3 Å². The molecule has 2 aromatic carbocycles. The average molecular weight is 404 g/mol. The van der Waals surface area contributed by atoms with Gasteiger partial charge >= 0.3 is 0 Å². The number of furan rings is 1. The lowest BCUT2D eigenvalue weighted by Gasteiger charge is -2.06. The van der Waals surface area contributed by atoms with Crippen molar-refractivity contribution in [2.45, 2.75) is 23.8 Å². The quantitative estimate of drug-likeness (QED) is 0.258. The summed E-state index contributed by atoms with van der Waals surface area (Å²) in [6.07, 6.45) is 5.22. The van der Waals surface area contributed by atoms with Crippen LogP contribution in [0.4, 0.5) is 0 Å². The van der Waals surface area contributed by atoms with E-state index in [1.165, 1.54) is 17.3 Å². The van der Waals surface area contributed by atoms with Gasteiger partial charge in [0.25, 0.3) is 5.91 Å². The Morgan fingerprint density at radius 2 is 1.72 bits per heavy atom. The predicted molar refractivity (Wildman–Crippen MR) is 115 cm³/mol. The van der Waals surface area contributed by atoms with E-state index in [-0.39, 0.29) is 5.91 Å². The molecule has 0 aliphatic rings. The summed E-state index contributed by atoms with van der Waals surface area (Å²) in [6, 6.07) is 19.8. The van der Waals surface area contributed by atoms with Crippen molar-refractivity contribution in [2.75, 3.05) is 6.54 Å². The summed E-state index contributed by atoms with van der Waals surface area (Å²) in [4.78, 5) is 21.3. The third-order valence-corrected chi connectivity index (χ3v) is 5.46. The fraction of sp³-hybridized carbons (Fsp3) is 0.174. The van der Waals surface area contributed by atoms with Crippen LogP contribution in [0.15, 0.2) is 82.6 Å². The summed E-state index contributed by atoms with van der Waals surface area (Å²) >= 11 is 1.49. The summed E-state index contributed by atoms with van der Waals surface area (Å²) in [5.74, 6) is 0.751. The zero-order chi connectivity index (χ0) is 19.9. The van der Waals surface area contributed by atoms with Crippen LogP contribution in [0.1, 0.15) is 28.1 Å². The zero-order valence-corrected chi connectivity index (χ0v) is 16.7. The number of nitrogens with zero attached hydrogens (tertiary/aromatic N) is 2. The minimum atomic E-state index is -0.182. The molecule has 29 heavy (non-hydrogen) atoms. The fourth-order valence-corrected chi connectivity index (χ4v) is 3.97. The summed E-state index contributed by atoms with van der Waals surface area (Å²) < 4.78 is 5.90. The fourth-order valence-electron chi connectivity index (χ4n) is 3.14. The lowest BCUT2D eigenvalue weighted by atomic mass is 10.1. The van der Waals surface area contributed by atoms with Gasteiger partial charge in [-0.25, -0.2) is 9.97 Å². The maximum absolute atomic E-state index is 12.8. The predicted octanol–water partition coefficient (Wildman–Crippen LogP) is 4.88. The minimum absolute atomic E-state index is 0.182. The topological polar surface area (TPSA) is 68.0 Å². The molecule has 0 atom stereocenters. The lowest BCUT2D eigenvalue weighted by Crippen LogP contribution is -2.25. The molecule has 5 nitrogen and oxygen atoms in total. The van der Waals surface area contributed by atoms with Crippen molar-refractivity contribution in [3.8, 4) is 0 Å². The first-order chi connectivity index (χ1) is 14.3. The molecule has 1 N–H and O–H groups in total. The largest absolute Gasteiger partial charge is 0.451 e. The first-order valence-electron chi connectivity index (χ1n) is 9.53. The maximum atomic E-state index is 12.8. The van der Waals surface area contributed by atoms with Gasteiger partial charge < -0.3 is 9.73 Å². The number of carbonyl (C=O) groups excluding carboxylic acids is 1. The number of fused-ring (bicyclic) bond motifs is 1. The van der Waals surface area contributed by atoms with Crippen LogP contribution in [-0.2, 0) is 12.2 Å². The smallest absolute Gasteiger partial charge is 0.287 e. The number of para-hydroxylation sites is 1. The Kier molecular flexibility index (Phi) is 6.22. The Balaban J connectivity index is 1.44. The van der Waals surface area contributed by atoms with E-state index in [9.17, 15) is 4.79 Å². The van der Waals surface area contributed by atoms with Crippen LogP contribution in [0.5, 0.6) is 0 Å². The average Bonchev–Trinajstić information content (AvgIpc) is 3.15. The lowest BCUT2D eigenvalue weighted by molar-refractivity contribution is 0.0926. The number of benzene rings is 2. The number of aromatic nitrogens is 2. The van der Waals surface area contributed by atoms with Crippen molar-refractivity contribution in [2.24, 2.45) is 0 Å². The molecule has 1 amide bonds. The van der Waals surface area contributed by atoms with E-state index in [0.717, 1.165) is 23.8 Å². The van der Waals surface area contributed by atoms with Crippen molar-refractivity contribution in [3.63, 3.8) is 0 Å². The number of thioether (sulfide) groups is 1. The minimum Gasteiger partial charge on any atom is -0.451 e. The van der Waals surface area contributed by atoms with E-state index >= 15 is 0 Å². The van der Waals surface area contributed by atoms with Gasteiger partial charge in [0, 0.05) is 35.6 Å². The molecular weight excluding hydrogens is 382 g/mol. The molecule has 0 aliphatic heterocycles. The van der Waals surface area contributed by atoms with Crippen LogP contribution in [0, 0.1) is 0 Å². The van der Waals surface area contributed by atoms with Gasteiger partial charge in [0.1, 0.15) is 5.58 Å². The molecule has 6 heteroatoms. The Bertz CT molecular complexity index is 1080. The monoisotopic (exact) mass is 403 g/mol. The molecule has 0 unspecified atom stereocenters. The van der Waals surface area contributed by atoms with Crippen molar-refractivity contribution in [3.05, 3.63) is 89.9 Å². The second-order valence-electron chi connectivity index (χ2n) is 6.57. The van der Waals surface area contributed by atoms with Gasteiger partial charge in [0.2, 0.25) is 0 Å². The molecule has 2 heterocycles.